The van der Waals surface area contributed by atoms with Crippen molar-refractivity contribution in [2.24, 2.45) is 5.14 Å². The fourth-order valence-electron chi connectivity index (χ4n) is 3.63. The number of hydrogen-bond donors (Lipinski definition) is 3. The number of anilines is 2. The zero-order valence-corrected chi connectivity index (χ0v) is 18.7. The number of rotatable bonds is 7. The molecule has 4 N–H and O–H groups in total. The number of nitrogens with one attached hydrogen (secondary N) is 1. The van der Waals surface area contributed by atoms with Crippen molar-refractivity contribution in [3.8, 4) is 0 Å². The van der Waals surface area contributed by atoms with Crippen molar-refractivity contribution in [3.05, 3.63) is 83.4 Å². The Morgan fingerprint density at radius 2 is 1.79 bits per heavy atom. The molecule has 0 saturated heterocycles. The van der Waals surface area contributed by atoms with Gasteiger partial charge in [-0.1, -0.05) is 24.3 Å². The minimum absolute atomic E-state index is 0.0279. The number of hydrogen-bond acceptors (Lipinski definition) is 5. The molecule has 0 atom stereocenters. The normalized spacial score (nSPS) is 12.1. The van der Waals surface area contributed by atoms with E-state index < -0.39 is 21.9 Å². The molecule has 0 amide bonds. The lowest BCUT2D eigenvalue weighted by Crippen LogP contribution is -2.14. The predicted octanol–water partition coefficient (Wildman–Crippen LogP) is 4.29. The molecular formula is C23H20F2N4O4S. The fraction of sp³-hybridized carbons (Fsp3) is 0.130. The summed E-state index contributed by atoms with van der Waals surface area (Å²) in [6.07, 6.45) is 0. The SMILES string of the molecule is CC(F)(F)c1ccccc1Cn1c(Nc2ccc(S(N)(=O)=O)cc2)nc2cc(C(=O)O)ccc21. The Balaban J connectivity index is 1.81. The molecule has 11 heteroatoms. The van der Waals surface area contributed by atoms with Gasteiger partial charge in [-0.05, 0) is 48.0 Å². The molecule has 176 valence electrons. The Labute approximate surface area is 193 Å². The van der Waals surface area contributed by atoms with Crippen LogP contribution in [0.4, 0.5) is 20.4 Å². The largest absolute Gasteiger partial charge is 0.478 e. The molecule has 0 bridgehead atoms. The van der Waals surface area contributed by atoms with Gasteiger partial charge in [-0.2, -0.15) is 0 Å². The van der Waals surface area contributed by atoms with E-state index in [9.17, 15) is 27.1 Å². The van der Waals surface area contributed by atoms with Crippen molar-refractivity contribution in [3.63, 3.8) is 0 Å². The number of fused-ring (bicyclic) bond motifs is 1. The Hall–Kier alpha value is -3.83. The third kappa shape index (κ3) is 4.75. The number of nitrogens with zero attached hydrogens (tertiary/aromatic N) is 2. The van der Waals surface area contributed by atoms with Gasteiger partial charge in [0.25, 0.3) is 5.92 Å². The first-order chi connectivity index (χ1) is 15.9. The Bertz CT molecular complexity index is 1490. The van der Waals surface area contributed by atoms with E-state index in [0.29, 0.717) is 22.3 Å². The molecule has 0 aliphatic rings. The van der Waals surface area contributed by atoms with E-state index in [-0.39, 0.29) is 28.5 Å². The lowest BCUT2D eigenvalue weighted by atomic mass is 10.0. The Kier molecular flexibility index (Phi) is 5.84. The van der Waals surface area contributed by atoms with Gasteiger partial charge in [0.1, 0.15) is 0 Å². The Morgan fingerprint density at radius 1 is 1.12 bits per heavy atom. The van der Waals surface area contributed by atoms with Gasteiger partial charge in [0.2, 0.25) is 16.0 Å². The predicted molar refractivity (Wildman–Crippen MR) is 123 cm³/mol. The summed E-state index contributed by atoms with van der Waals surface area (Å²) < 4.78 is 53.1. The summed E-state index contributed by atoms with van der Waals surface area (Å²) in [7, 11) is -3.87. The third-order valence-electron chi connectivity index (χ3n) is 5.25. The highest BCUT2D eigenvalue weighted by molar-refractivity contribution is 7.89. The molecule has 1 heterocycles. The topological polar surface area (TPSA) is 127 Å². The number of carbonyl (C=O) groups is 1. The highest BCUT2D eigenvalue weighted by atomic mass is 32.2. The second-order valence-electron chi connectivity index (χ2n) is 7.77. The standard InChI is InChI=1S/C23H20F2N4O4S/c1-23(24,25)18-5-3-2-4-15(18)13-29-20-11-6-14(21(30)31)12-19(20)28-22(29)27-16-7-9-17(10-8-16)34(26,32)33/h2-12H,13H2,1H3,(H,27,28)(H,30,31)(H2,26,32,33). The van der Waals surface area contributed by atoms with Gasteiger partial charge in [0.05, 0.1) is 28.0 Å². The molecule has 34 heavy (non-hydrogen) atoms. The van der Waals surface area contributed by atoms with Crippen LogP contribution < -0.4 is 10.5 Å². The molecule has 0 aliphatic heterocycles. The van der Waals surface area contributed by atoms with Gasteiger partial charge in [-0.25, -0.2) is 32.1 Å². The molecule has 3 aromatic carbocycles. The molecule has 0 spiro atoms. The van der Waals surface area contributed by atoms with Crippen molar-refractivity contribution in [2.75, 3.05) is 5.32 Å². The number of halogens is 2. The monoisotopic (exact) mass is 486 g/mol. The van der Waals surface area contributed by atoms with Gasteiger partial charge >= 0.3 is 5.97 Å². The van der Waals surface area contributed by atoms with Gasteiger partial charge < -0.3 is 15.0 Å². The molecule has 4 rings (SSSR count). The zero-order chi connectivity index (χ0) is 24.7. The third-order valence-corrected chi connectivity index (χ3v) is 6.18. The van der Waals surface area contributed by atoms with Crippen molar-refractivity contribution >= 4 is 38.7 Å². The number of aromatic carboxylic acids is 1. The first kappa shape index (κ1) is 23.3. The molecule has 0 radical (unpaired) electrons. The number of benzene rings is 3. The number of nitrogens with two attached hydrogens (primary N) is 1. The van der Waals surface area contributed by atoms with Crippen LogP contribution in [0, 0.1) is 0 Å². The van der Waals surface area contributed by atoms with E-state index in [1.54, 1.807) is 22.8 Å². The maximum Gasteiger partial charge on any atom is 0.335 e. The van der Waals surface area contributed by atoms with Gasteiger partial charge in [-0.15, -0.1) is 0 Å². The summed E-state index contributed by atoms with van der Waals surface area (Å²) in [6.45, 7) is 0.851. The van der Waals surface area contributed by atoms with Crippen LogP contribution in [0.2, 0.25) is 0 Å². The van der Waals surface area contributed by atoms with Crippen LogP contribution in [-0.2, 0) is 22.5 Å². The summed E-state index contributed by atoms with van der Waals surface area (Å²) in [5.74, 6) is -3.93. The van der Waals surface area contributed by atoms with Crippen molar-refractivity contribution in [1.82, 2.24) is 9.55 Å². The van der Waals surface area contributed by atoms with E-state index >= 15 is 0 Å². The number of primary sulfonamides is 1. The van der Waals surface area contributed by atoms with Crippen LogP contribution >= 0.6 is 0 Å². The summed E-state index contributed by atoms with van der Waals surface area (Å²) in [5, 5.41) is 17.5. The van der Waals surface area contributed by atoms with Gasteiger partial charge in [-0.3, -0.25) is 0 Å². The number of sulfonamides is 1. The smallest absolute Gasteiger partial charge is 0.335 e. The molecule has 0 saturated carbocycles. The van der Waals surface area contributed by atoms with E-state index in [0.717, 1.165) is 6.92 Å². The van der Waals surface area contributed by atoms with Crippen molar-refractivity contribution in [1.29, 1.82) is 0 Å². The van der Waals surface area contributed by atoms with Crippen LogP contribution in [0.3, 0.4) is 0 Å². The maximum atomic E-state index is 14.2. The second kappa shape index (κ2) is 8.50. The highest BCUT2D eigenvalue weighted by Crippen LogP contribution is 2.32. The van der Waals surface area contributed by atoms with E-state index in [4.69, 9.17) is 5.14 Å². The molecule has 0 fully saturated rings. The molecule has 0 unspecified atom stereocenters. The quantitative estimate of drug-likeness (QED) is 0.358. The lowest BCUT2D eigenvalue weighted by Gasteiger charge is -2.18. The van der Waals surface area contributed by atoms with Crippen LogP contribution in [-0.4, -0.2) is 29.0 Å². The zero-order valence-electron chi connectivity index (χ0n) is 17.9. The number of carboxylic acid groups (broad SMARTS) is 1. The van der Waals surface area contributed by atoms with E-state index in [1.807, 2.05) is 0 Å². The van der Waals surface area contributed by atoms with Crippen LogP contribution in [0.5, 0.6) is 0 Å². The van der Waals surface area contributed by atoms with Crippen LogP contribution in [0.15, 0.2) is 71.6 Å². The minimum atomic E-state index is -3.87. The van der Waals surface area contributed by atoms with Gasteiger partial charge in [0, 0.05) is 18.2 Å². The van der Waals surface area contributed by atoms with E-state index in [2.05, 4.69) is 10.3 Å². The molecule has 0 aliphatic carbocycles. The van der Waals surface area contributed by atoms with Gasteiger partial charge in [0.15, 0.2) is 0 Å². The van der Waals surface area contributed by atoms with E-state index in [1.165, 1.54) is 48.5 Å². The minimum Gasteiger partial charge on any atom is -0.478 e. The fourth-order valence-corrected chi connectivity index (χ4v) is 4.15. The van der Waals surface area contributed by atoms with Crippen LogP contribution in [0.25, 0.3) is 11.0 Å². The average molecular weight is 487 g/mol. The maximum absolute atomic E-state index is 14.2. The van der Waals surface area contributed by atoms with Crippen molar-refractivity contribution < 1.29 is 27.1 Å². The summed E-state index contributed by atoms with van der Waals surface area (Å²) in [6, 6.07) is 16.1. The number of carboxylic acids is 1. The summed E-state index contributed by atoms with van der Waals surface area (Å²) in [4.78, 5) is 15.8. The summed E-state index contributed by atoms with van der Waals surface area (Å²) in [5.41, 5.74) is 1.61. The molecule has 4 aromatic rings. The Morgan fingerprint density at radius 3 is 2.41 bits per heavy atom. The molecule has 8 nitrogen and oxygen atoms in total. The number of imidazole rings is 1. The second-order valence-corrected chi connectivity index (χ2v) is 9.33. The molecule has 1 aromatic heterocycles. The lowest BCUT2D eigenvalue weighted by molar-refractivity contribution is 0.0164. The number of aromatic nitrogens is 2. The first-order valence-electron chi connectivity index (χ1n) is 10.0. The van der Waals surface area contributed by atoms with Crippen molar-refractivity contribution in [2.45, 2.75) is 24.3 Å². The number of alkyl halides is 2. The first-order valence-corrected chi connectivity index (χ1v) is 11.6. The molecular weight excluding hydrogens is 466 g/mol. The van der Waals surface area contributed by atoms with Crippen LogP contribution in [0.1, 0.15) is 28.4 Å². The average Bonchev–Trinajstić information content (AvgIpc) is 3.09. The highest BCUT2D eigenvalue weighted by Gasteiger charge is 2.27. The summed E-state index contributed by atoms with van der Waals surface area (Å²) >= 11 is 0.